The highest BCUT2D eigenvalue weighted by Crippen LogP contribution is 2.33. The van der Waals surface area contributed by atoms with Crippen molar-refractivity contribution in [1.29, 1.82) is 0 Å². The minimum absolute atomic E-state index is 0.0209. The second kappa shape index (κ2) is 14.6. The highest BCUT2D eigenvalue weighted by atomic mass is 32.2. The van der Waals surface area contributed by atoms with Crippen molar-refractivity contribution >= 4 is 21.1 Å². The molecule has 1 fully saturated rings. The van der Waals surface area contributed by atoms with Gasteiger partial charge in [-0.15, -0.1) is 20.2 Å². The molecule has 2 aromatic heterocycles. The maximum absolute atomic E-state index is 13.7. The van der Waals surface area contributed by atoms with E-state index in [1.165, 1.54) is 27.2 Å². The fourth-order valence-electron chi connectivity index (χ4n) is 5.20. The van der Waals surface area contributed by atoms with Crippen LogP contribution in [0.25, 0.3) is 22.4 Å². The van der Waals surface area contributed by atoms with Gasteiger partial charge in [0.25, 0.3) is 15.7 Å². The molecule has 0 saturated carbocycles. The number of rotatable bonds is 18. The summed E-state index contributed by atoms with van der Waals surface area (Å²) in [5.74, 6) is 0.501. The number of aromatic nitrogens is 4. The number of fused-ring (bicyclic) bond motifs is 1. The van der Waals surface area contributed by atoms with Crippen LogP contribution < -0.4 is 10.3 Å². The quantitative estimate of drug-likeness (QED) is 0.117. The zero-order chi connectivity index (χ0) is 32.7. The maximum Gasteiger partial charge on any atom is 0.294 e. The lowest BCUT2D eigenvalue weighted by Gasteiger charge is -2.44. The Morgan fingerprint density at radius 2 is 1.73 bits per heavy atom. The Balaban J connectivity index is 1.57. The van der Waals surface area contributed by atoms with E-state index in [-0.39, 0.29) is 43.1 Å². The highest BCUT2D eigenvalue weighted by Gasteiger charge is 2.39. The number of sulfonamides is 1. The minimum atomic E-state index is -3.98. The summed E-state index contributed by atoms with van der Waals surface area (Å²) in [6.07, 6.45) is 2.00. The van der Waals surface area contributed by atoms with E-state index in [1.807, 2.05) is 11.8 Å². The second-order valence-electron chi connectivity index (χ2n) is 10.4. The van der Waals surface area contributed by atoms with Crippen LogP contribution in [-0.4, -0.2) is 99.6 Å². The van der Waals surface area contributed by atoms with Gasteiger partial charge in [0.2, 0.25) is 10.0 Å². The standard InChI is InChI=1S/C26H36N8O10S/c1-4-8-21-23-24(30(3)29-21)26(35)28-25(27-23)20-15-19(9-10-22(20)42-5-2)45(40,41)32-16-18(17-32)31(11-6-13-43-33(36)37)12-7-14-44-34(38)39/h9-10,15,18H,4-8,11-14,16-17H2,1-3H3,(H,27,28,35). The first kappa shape index (κ1) is 33.5. The normalized spacial score (nSPS) is 14.0. The zero-order valence-corrected chi connectivity index (χ0v) is 26.0. The molecule has 246 valence electrons. The fraction of sp³-hybridized carbons (Fsp3) is 0.577. The molecule has 0 spiro atoms. The summed E-state index contributed by atoms with van der Waals surface area (Å²) in [5, 5.41) is 23.6. The molecule has 0 radical (unpaired) electrons. The topological polar surface area (TPSA) is 218 Å². The Hall–Kier alpha value is -4.36. The van der Waals surface area contributed by atoms with E-state index in [0.29, 0.717) is 67.0 Å². The molecule has 18 nitrogen and oxygen atoms in total. The molecule has 0 aliphatic carbocycles. The number of hydrogen-bond acceptors (Lipinski definition) is 13. The molecule has 4 rings (SSSR count). The number of ether oxygens (including phenoxy) is 1. The molecule has 1 aromatic carbocycles. The molecule has 1 aliphatic rings. The SMILES string of the molecule is CCCc1nn(C)c2c(=O)[nH]c(-c3cc(S(=O)(=O)N4CC(N(CCCO[N+](=O)[O-])CCCO[N+](=O)[O-])C4)ccc3OCC)nc12. The monoisotopic (exact) mass is 652 g/mol. The molecule has 3 aromatic rings. The third-order valence-electron chi connectivity index (χ3n) is 7.31. The van der Waals surface area contributed by atoms with Gasteiger partial charge >= 0.3 is 0 Å². The Kier molecular flexibility index (Phi) is 10.9. The van der Waals surface area contributed by atoms with Gasteiger partial charge in [-0.25, -0.2) is 13.4 Å². The van der Waals surface area contributed by atoms with E-state index in [1.54, 1.807) is 14.0 Å². The van der Waals surface area contributed by atoms with Crippen molar-refractivity contribution in [3.05, 3.63) is 54.5 Å². The summed E-state index contributed by atoms with van der Waals surface area (Å²) < 4.78 is 35.9. The van der Waals surface area contributed by atoms with Gasteiger partial charge in [-0.05, 0) is 44.4 Å². The van der Waals surface area contributed by atoms with Crippen molar-refractivity contribution in [2.45, 2.75) is 50.5 Å². The van der Waals surface area contributed by atoms with Crippen molar-refractivity contribution < 1.29 is 33.0 Å². The van der Waals surface area contributed by atoms with Crippen LogP contribution in [0.4, 0.5) is 0 Å². The summed E-state index contributed by atoms with van der Waals surface area (Å²) in [6.45, 7) is 4.77. The molecule has 1 saturated heterocycles. The third kappa shape index (κ3) is 7.84. The Morgan fingerprint density at radius 3 is 2.31 bits per heavy atom. The van der Waals surface area contributed by atoms with Crippen LogP contribution in [-0.2, 0) is 33.2 Å². The first-order chi connectivity index (χ1) is 21.5. The highest BCUT2D eigenvalue weighted by molar-refractivity contribution is 7.89. The number of aromatic amines is 1. The van der Waals surface area contributed by atoms with E-state index in [2.05, 4.69) is 24.7 Å². The number of aryl methyl sites for hydroxylation is 2. The lowest BCUT2D eigenvalue weighted by molar-refractivity contribution is -0.758. The van der Waals surface area contributed by atoms with Crippen LogP contribution in [0.2, 0.25) is 0 Å². The molecule has 1 N–H and O–H groups in total. The Labute approximate surface area is 258 Å². The predicted molar refractivity (Wildman–Crippen MR) is 159 cm³/mol. The summed E-state index contributed by atoms with van der Waals surface area (Å²) >= 11 is 0. The van der Waals surface area contributed by atoms with Gasteiger partial charge in [0, 0.05) is 39.3 Å². The minimum Gasteiger partial charge on any atom is -0.493 e. The van der Waals surface area contributed by atoms with Crippen LogP contribution in [0.5, 0.6) is 5.75 Å². The van der Waals surface area contributed by atoms with E-state index < -0.39 is 25.8 Å². The summed E-state index contributed by atoms with van der Waals surface area (Å²) in [6, 6.07) is 4.16. The predicted octanol–water partition coefficient (Wildman–Crippen LogP) is 1.55. The van der Waals surface area contributed by atoms with E-state index >= 15 is 0 Å². The van der Waals surface area contributed by atoms with Crippen LogP contribution in [0.1, 0.15) is 38.8 Å². The third-order valence-corrected chi connectivity index (χ3v) is 9.14. The van der Waals surface area contributed by atoms with Crippen molar-refractivity contribution in [3.63, 3.8) is 0 Å². The van der Waals surface area contributed by atoms with Gasteiger partial charge in [-0.1, -0.05) is 13.3 Å². The van der Waals surface area contributed by atoms with Gasteiger partial charge < -0.3 is 19.4 Å². The first-order valence-electron chi connectivity index (χ1n) is 14.5. The number of nitrogens with zero attached hydrogens (tertiary/aromatic N) is 7. The molecular formula is C26H36N8O10S. The summed E-state index contributed by atoms with van der Waals surface area (Å²) in [5.41, 5.74) is 1.30. The smallest absolute Gasteiger partial charge is 0.294 e. The number of hydrogen-bond donors (Lipinski definition) is 1. The molecule has 45 heavy (non-hydrogen) atoms. The lowest BCUT2D eigenvalue weighted by atomic mass is 10.1. The van der Waals surface area contributed by atoms with Gasteiger partial charge in [0.05, 0.1) is 36.0 Å². The Morgan fingerprint density at radius 1 is 1.09 bits per heavy atom. The molecule has 1 aliphatic heterocycles. The van der Waals surface area contributed by atoms with Crippen LogP contribution in [0, 0.1) is 20.2 Å². The molecule has 3 heterocycles. The second-order valence-corrected chi connectivity index (χ2v) is 12.3. The van der Waals surface area contributed by atoms with Gasteiger partial charge in [-0.3, -0.25) is 14.4 Å². The average Bonchev–Trinajstić information content (AvgIpc) is 3.27. The Bertz CT molecular complexity index is 1660. The molecule has 0 amide bonds. The average molecular weight is 653 g/mol. The first-order valence-corrected chi connectivity index (χ1v) is 15.9. The van der Waals surface area contributed by atoms with Crippen molar-refractivity contribution in [1.82, 2.24) is 29.0 Å². The van der Waals surface area contributed by atoms with Crippen molar-refractivity contribution in [3.8, 4) is 17.1 Å². The van der Waals surface area contributed by atoms with Crippen LogP contribution in [0.3, 0.4) is 0 Å². The molecule has 0 unspecified atom stereocenters. The van der Waals surface area contributed by atoms with Crippen LogP contribution >= 0.6 is 0 Å². The van der Waals surface area contributed by atoms with E-state index in [0.717, 1.165) is 6.42 Å². The van der Waals surface area contributed by atoms with Gasteiger partial charge in [0.15, 0.2) is 5.52 Å². The largest absolute Gasteiger partial charge is 0.493 e. The fourth-order valence-corrected chi connectivity index (χ4v) is 6.74. The zero-order valence-electron chi connectivity index (χ0n) is 25.2. The van der Waals surface area contributed by atoms with Crippen molar-refractivity contribution in [2.75, 3.05) is 46.0 Å². The number of H-pyrrole nitrogens is 1. The van der Waals surface area contributed by atoms with E-state index in [9.17, 15) is 33.4 Å². The van der Waals surface area contributed by atoms with Crippen molar-refractivity contribution in [2.24, 2.45) is 7.05 Å². The van der Waals surface area contributed by atoms with Gasteiger partial charge in [0.1, 0.15) is 17.1 Å². The van der Waals surface area contributed by atoms with Crippen LogP contribution in [0.15, 0.2) is 27.9 Å². The van der Waals surface area contributed by atoms with Gasteiger partial charge in [-0.2, -0.15) is 9.40 Å². The lowest BCUT2D eigenvalue weighted by Crippen LogP contribution is -2.61. The molecular weight excluding hydrogens is 616 g/mol. The maximum atomic E-state index is 13.7. The number of benzene rings is 1. The number of nitrogens with one attached hydrogen (secondary N) is 1. The molecule has 0 atom stereocenters. The molecule has 0 bridgehead atoms. The summed E-state index contributed by atoms with van der Waals surface area (Å²) in [4.78, 5) is 52.1. The summed E-state index contributed by atoms with van der Waals surface area (Å²) in [7, 11) is -2.32. The van der Waals surface area contributed by atoms with E-state index in [4.69, 9.17) is 4.74 Å². The molecule has 19 heteroatoms.